The number of hydrogen-bond donors (Lipinski definition) is 2. The lowest BCUT2D eigenvalue weighted by atomic mass is 10.5. The molecule has 1 aliphatic carbocycles. The molecule has 17 heavy (non-hydrogen) atoms. The van der Waals surface area contributed by atoms with E-state index in [1.165, 1.54) is 17.1 Å². The molecule has 92 valence electrons. The molecule has 0 aromatic carbocycles. The zero-order chi connectivity index (χ0) is 12.3. The van der Waals surface area contributed by atoms with Crippen molar-refractivity contribution in [3.63, 3.8) is 0 Å². The number of carbonyl (C=O) groups is 2. The van der Waals surface area contributed by atoms with Gasteiger partial charge in [-0.25, -0.2) is 4.79 Å². The fourth-order valence-electron chi connectivity index (χ4n) is 1.30. The van der Waals surface area contributed by atoms with Crippen LogP contribution in [0.4, 0.5) is 0 Å². The minimum absolute atomic E-state index is 0.0969. The van der Waals surface area contributed by atoms with Crippen LogP contribution >= 0.6 is 0 Å². The second-order valence-electron chi connectivity index (χ2n) is 3.90. The first kappa shape index (κ1) is 11.4. The van der Waals surface area contributed by atoms with Crippen LogP contribution in [0.25, 0.3) is 0 Å². The lowest BCUT2D eigenvalue weighted by molar-refractivity contribution is -0.139. The Morgan fingerprint density at radius 2 is 2.35 bits per heavy atom. The van der Waals surface area contributed by atoms with Crippen molar-refractivity contribution in [2.75, 3.05) is 6.61 Å². The normalized spacial score (nSPS) is 14.4. The molecule has 0 atom stereocenters. The molecule has 0 saturated heterocycles. The van der Waals surface area contributed by atoms with E-state index < -0.39 is 12.6 Å². The van der Waals surface area contributed by atoms with Crippen molar-refractivity contribution in [1.29, 1.82) is 0 Å². The third-order valence-corrected chi connectivity index (χ3v) is 2.22. The highest BCUT2D eigenvalue weighted by Crippen LogP contribution is 2.18. The molecule has 0 unspecified atom stereocenters. The molecule has 0 bridgehead atoms. The first-order valence-electron chi connectivity index (χ1n) is 5.30. The Kier molecular flexibility index (Phi) is 3.27. The van der Waals surface area contributed by atoms with Crippen molar-refractivity contribution in [3.05, 3.63) is 12.4 Å². The van der Waals surface area contributed by atoms with Gasteiger partial charge in [-0.05, 0) is 12.8 Å². The molecule has 1 aromatic rings. The van der Waals surface area contributed by atoms with Gasteiger partial charge in [0.05, 0.1) is 12.4 Å². The highest BCUT2D eigenvalue weighted by atomic mass is 16.5. The number of rotatable bonds is 6. The van der Waals surface area contributed by atoms with Gasteiger partial charge in [-0.15, -0.1) is 0 Å². The molecule has 7 heteroatoms. The second kappa shape index (κ2) is 4.86. The summed E-state index contributed by atoms with van der Waals surface area (Å²) in [5.74, 6) is -0.809. The van der Waals surface area contributed by atoms with E-state index in [4.69, 9.17) is 9.84 Å². The zero-order valence-electron chi connectivity index (χ0n) is 9.13. The Balaban J connectivity index is 1.80. The number of amides is 1. The van der Waals surface area contributed by atoms with Crippen LogP contribution in [0, 0.1) is 0 Å². The number of carboxylic acids is 1. The number of nitrogens with zero attached hydrogens (tertiary/aromatic N) is 2. The van der Waals surface area contributed by atoms with Crippen LogP contribution < -0.4 is 10.1 Å². The molecule has 7 nitrogen and oxygen atoms in total. The summed E-state index contributed by atoms with van der Waals surface area (Å²) in [5.41, 5.74) is 0. The number of carboxylic acid groups (broad SMARTS) is 1. The first-order valence-corrected chi connectivity index (χ1v) is 5.30. The predicted molar refractivity (Wildman–Crippen MR) is 56.5 cm³/mol. The van der Waals surface area contributed by atoms with Gasteiger partial charge < -0.3 is 15.2 Å². The molecule has 1 amide bonds. The van der Waals surface area contributed by atoms with E-state index in [1.807, 2.05) is 0 Å². The molecule has 1 saturated carbocycles. The SMILES string of the molecule is O=C(O)COc1cnn(CC(=O)NC2CC2)c1. The topological polar surface area (TPSA) is 93.4 Å². The maximum absolute atomic E-state index is 11.4. The molecule has 0 spiro atoms. The van der Waals surface area contributed by atoms with Gasteiger partial charge >= 0.3 is 5.97 Å². The molecular formula is C10H13N3O4. The summed E-state index contributed by atoms with van der Waals surface area (Å²) in [6.07, 6.45) is 4.96. The highest BCUT2D eigenvalue weighted by Gasteiger charge is 2.23. The van der Waals surface area contributed by atoms with Crippen molar-refractivity contribution in [2.24, 2.45) is 0 Å². The summed E-state index contributed by atoms with van der Waals surface area (Å²) >= 11 is 0. The maximum Gasteiger partial charge on any atom is 0.341 e. The zero-order valence-corrected chi connectivity index (χ0v) is 9.13. The van der Waals surface area contributed by atoms with Gasteiger partial charge in [0.1, 0.15) is 6.54 Å². The number of aliphatic carboxylic acids is 1. The Morgan fingerprint density at radius 3 is 3.00 bits per heavy atom. The molecule has 2 N–H and O–H groups in total. The van der Waals surface area contributed by atoms with Crippen LogP contribution in [0.2, 0.25) is 0 Å². The Bertz CT molecular complexity index is 425. The average Bonchev–Trinajstić information content (AvgIpc) is 2.94. The summed E-state index contributed by atoms with van der Waals surface area (Å²) in [7, 11) is 0. The largest absolute Gasteiger partial charge is 0.479 e. The Labute approximate surface area is 97.4 Å². The lowest BCUT2D eigenvalue weighted by Crippen LogP contribution is -2.29. The molecule has 1 heterocycles. The molecule has 1 fully saturated rings. The summed E-state index contributed by atoms with van der Waals surface area (Å²) in [5, 5.41) is 15.1. The van der Waals surface area contributed by atoms with Crippen molar-refractivity contribution >= 4 is 11.9 Å². The standard InChI is InChI=1S/C10H13N3O4/c14-9(12-7-1-2-7)5-13-4-8(3-11-13)17-6-10(15)16/h3-4,7H,1-2,5-6H2,(H,12,14)(H,15,16). The van der Waals surface area contributed by atoms with Gasteiger partial charge in [0.15, 0.2) is 12.4 Å². The number of carbonyl (C=O) groups excluding carboxylic acids is 1. The van der Waals surface area contributed by atoms with E-state index in [9.17, 15) is 9.59 Å². The molecule has 2 rings (SSSR count). The third-order valence-electron chi connectivity index (χ3n) is 2.22. The quantitative estimate of drug-likeness (QED) is 0.706. The molecule has 1 aliphatic rings. The number of aromatic nitrogens is 2. The Morgan fingerprint density at radius 1 is 1.59 bits per heavy atom. The van der Waals surface area contributed by atoms with Crippen LogP contribution in [0.3, 0.4) is 0 Å². The second-order valence-corrected chi connectivity index (χ2v) is 3.90. The molecule has 0 radical (unpaired) electrons. The smallest absolute Gasteiger partial charge is 0.341 e. The predicted octanol–water partition coefficient (Wildman–Crippen LogP) is -0.375. The van der Waals surface area contributed by atoms with E-state index in [0.717, 1.165) is 12.8 Å². The van der Waals surface area contributed by atoms with Crippen molar-refractivity contribution < 1.29 is 19.4 Å². The van der Waals surface area contributed by atoms with Gasteiger partial charge in [0.25, 0.3) is 0 Å². The monoisotopic (exact) mass is 239 g/mol. The Hall–Kier alpha value is -2.05. The minimum Gasteiger partial charge on any atom is -0.479 e. The van der Waals surface area contributed by atoms with E-state index in [1.54, 1.807) is 0 Å². The van der Waals surface area contributed by atoms with Crippen LogP contribution in [-0.2, 0) is 16.1 Å². The molecular weight excluding hydrogens is 226 g/mol. The van der Waals surface area contributed by atoms with Crippen LogP contribution in [0.5, 0.6) is 5.75 Å². The summed E-state index contributed by atoms with van der Waals surface area (Å²) in [6, 6.07) is 0.320. The molecule has 1 aromatic heterocycles. The van der Waals surface area contributed by atoms with E-state index in [2.05, 4.69) is 10.4 Å². The highest BCUT2D eigenvalue weighted by molar-refractivity contribution is 5.76. The van der Waals surface area contributed by atoms with Crippen molar-refractivity contribution in [1.82, 2.24) is 15.1 Å². The summed E-state index contributed by atoms with van der Waals surface area (Å²) < 4.78 is 6.32. The van der Waals surface area contributed by atoms with Gasteiger partial charge in [-0.2, -0.15) is 5.10 Å². The summed E-state index contributed by atoms with van der Waals surface area (Å²) in [6.45, 7) is -0.299. The number of hydrogen-bond acceptors (Lipinski definition) is 4. The number of ether oxygens (including phenoxy) is 1. The van der Waals surface area contributed by atoms with Crippen molar-refractivity contribution in [3.8, 4) is 5.75 Å². The van der Waals surface area contributed by atoms with Crippen LogP contribution in [0.15, 0.2) is 12.4 Å². The van der Waals surface area contributed by atoms with Gasteiger partial charge in [-0.1, -0.05) is 0 Å². The van der Waals surface area contributed by atoms with Gasteiger partial charge in [-0.3, -0.25) is 9.48 Å². The maximum atomic E-state index is 11.4. The van der Waals surface area contributed by atoms with Crippen LogP contribution in [0.1, 0.15) is 12.8 Å². The van der Waals surface area contributed by atoms with Crippen molar-refractivity contribution in [2.45, 2.75) is 25.4 Å². The van der Waals surface area contributed by atoms with Gasteiger partial charge in [0.2, 0.25) is 5.91 Å². The van der Waals surface area contributed by atoms with Crippen LogP contribution in [-0.4, -0.2) is 39.4 Å². The molecule has 0 aliphatic heterocycles. The fraction of sp³-hybridized carbons (Fsp3) is 0.500. The third kappa shape index (κ3) is 3.78. The number of nitrogens with one attached hydrogen (secondary N) is 1. The first-order chi connectivity index (χ1) is 8.13. The average molecular weight is 239 g/mol. The van der Waals surface area contributed by atoms with E-state index in [-0.39, 0.29) is 12.5 Å². The van der Waals surface area contributed by atoms with E-state index in [0.29, 0.717) is 11.8 Å². The van der Waals surface area contributed by atoms with Gasteiger partial charge in [0, 0.05) is 6.04 Å². The lowest BCUT2D eigenvalue weighted by Gasteiger charge is -2.02. The van der Waals surface area contributed by atoms with E-state index >= 15 is 0 Å². The minimum atomic E-state index is -1.05. The fourth-order valence-corrected chi connectivity index (χ4v) is 1.30. The summed E-state index contributed by atoms with van der Waals surface area (Å²) in [4.78, 5) is 21.7.